The average Bonchev–Trinajstić information content (AvgIpc) is 2.48. The standard InChI is InChI=1S/C9H16FN/c10-6-9-4-2-1-3-8(9)5-11-7-9/h8,11H,1-7H2/t8-,9+/m0/s1. The third-order valence-corrected chi connectivity index (χ3v) is 3.48. The van der Waals surface area contributed by atoms with E-state index in [0.717, 1.165) is 19.5 Å². The van der Waals surface area contributed by atoms with Crippen LogP contribution in [-0.4, -0.2) is 19.8 Å². The van der Waals surface area contributed by atoms with Gasteiger partial charge in [0.1, 0.15) is 0 Å². The maximum absolute atomic E-state index is 12.8. The van der Waals surface area contributed by atoms with Crippen LogP contribution in [0.5, 0.6) is 0 Å². The molecule has 1 N–H and O–H groups in total. The first-order chi connectivity index (χ1) is 5.37. The van der Waals surface area contributed by atoms with Crippen molar-refractivity contribution >= 4 is 0 Å². The van der Waals surface area contributed by atoms with E-state index < -0.39 is 0 Å². The second-order valence-electron chi connectivity index (χ2n) is 4.07. The summed E-state index contributed by atoms with van der Waals surface area (Å²) >= 11 is 0. The number of nitrogens with one attached hydrogen (secondary N) is 1. The first-order valence-corrected chi connectivity index (χ1v) is 4.64. The maximum atomic E-state index is 12.8. The van der Waals surface area contributed by atoms with E-state index in [2.05, 4.69) is 5.32 Å². The Kier molecular flexibility index (Phi) is 1.88. The van der Waals surface area contributed by atoms with E-state index in [-0.39, 0.29) is 12.1 Å². The quantitative estimate of drug-likeness (QED) is 0.611. The van der Waals surface area contributed by atoms with Crippen LogP contribution in [0.4, 0.5) is 4.39 Å². The summed E-state index contributed by atoms with van der Waals surface area (Å²) in [5, 5.41) is 3.32. The fourth-order valence-corrected chi connectivity index (χ4v) is 2.65. The molecule has 1 saturated carbocycles. The largest absolute Gasteiger partial charge is 0.316 e. The van der Waals surface area contributed by atoms with Crippen molar-refractivity contribution < 1.29 is 4.39 Å². The van der Waals surface area contributed by atoms with Gasteiger partial charge in [0.25, 0.3) is 0 Å². The number of hydrogen-bond donors (Lipinski definition) is 1. The maximum Gasteiger partial charge on any atom is 0.0965 e. The van der Waals surface area contributed by atoms with E-state index in [1.165, 1.54) is 19.3 Å². The van der Waals surface area contributed by atoms with Crippen LogP contribution in [0.1, 0.15) is 25.7 Å². The van der Waals surface area contributed by atoms with Gasteiger partial charge < -0.3 is 5.32 Å². The molecule has 2 aliphatic rings. The Labute approximate surface area is 67.4 Å². The second-order valence-corrected chi connectivity index (χ2v) is 4.07. The minimum Gasteiger partial charge on any atom is -0.316 e. The Morgan fingerprint density at radius 2 is 2.36 bits per heavy atom. The van der Waals surface area contributed by atoms with Crippen molar-refractivity contribution in [2.24, 2.45) is 11.3 Å². The second kappa shape index (κ2) is 2.74. The summed E-state index contributed by atoms with van der Waals surface area (Å²) in [5.41, 5.74) is 0.0538. The molecule has 0 aromatic carbocycles. The van der Waals surface area contributed by atoms with Gasteiger partial charge in [-0.15, -0.1) is 0 Å². The lowest BCUT2D eigenvalue weighted by Gasteiger charge is -2.35. The highest BCUT2D eigenvalue weighted by Crippen LogP contribution is 2.43. The third kappa shape index (κ3) is 1.08. The average molecular weight is 157 g/mol. The van der Waals surface area contributed by atoms with E-state index in [9.17, 15) is 4.39 Å². The fraction of sp³-hybridized carbons (Fsp3) is 1.00. The fourth-order valence-electron chi connectivity index (χ4n) is 2.65. The zero-order valence-corrected chi connectivity index (χ0v) is 6.91. The summed E-state index contributed by atoms with van der Waals surface area (Å²) in [7, 11) is 0. The number of rotatable bonds is 1. The van der Waals surface area contributed by atoms with Gasteiger partial charge in [0.2, 0.25) is 0 Å². The summed E-state index contributed by atoms with van der Waals surface area (Å²) in [6, 6.07) is 0. The number of hydrogen-bond acceptors (Lipinski definition) is 1. The summed E-state index contributed by atoms with van der Waals surface area (Å²) in [6.07, 6.45) is 4.91. The molecule has 0 spiro atoms. The molecule has 2 heteroatoms. The Morgan fingerprint density at radius 1 is 1.45 bits per heavy atom. The van der Waals surface area contributed by atoms with Crippen molar-refractivity contribution in [1.29, 1.82) is 0 Å². The van der Waals surface area contributed by atoms with Crippen LogP contribution < -0.4 is 5.32 Å². The van der Waals surface area contributed by atoms with Crippen molar-refractivity contribution in [2.45, 2.75) is 25.7 Å². The summed E-state index contributed by atoms with van der Waals surface area (Å²) in [6.45, 7) is 1.88. The van der Waals surface area contributed by atoms with Crippen LogP contribution >= 0.6 is 0 Å². The van der Waals surface area contributed by atoms with Crippen LogP contribution in [0, 0.1) is 11.3 Å². The number of halogens is 1. The zero-order valence-electron chi connectivity index (χ0n) is 6.91. The number of fused-ring (bicyclic) bond motifs is 1. The molecule has 1 heterocycles. The Hall–Kier alpha value is -0.110. The minimum atomic E-state index is -0.106. The van der Waals surface area contributed by atoms with Crippen LogP contribution in [0.15, 0.2) is 0 Å². The molecule has 11 heavy (non-hydrogen) atoms. The molecule has 0 aromatic rings. The van der Waals surface area contributed by atoms with Crippen LogP contribution in [0.3, 0.4) is 0 Å². The van der Waals surface area contributed by atoms with Gasteiger partial charge in [-0.25, -0.2) is 0 Å². The molecular weight excluding hydrogens is 141 g/mol. The minimum absolute atomic E-state index is 0.0538. The molecule has 1 aliphatic carbocycles. The van der Waals surface area contributed by atoms with Gasteiger partial charge in [0.15, 0.2) is 0 Å². The molecule has 1 aliphatic heterocycles. The molecule has 0 aromatic heterocycles. The zero-order chi connectivity index (χ0) is 7.73. The van der Waals surface area contributed by atoms with Crippen molar-refractivity contribution in [1.82, 2.24) is 5.32 Å². The van der Waals surface area contributed by atoms with Gasteiger partial charge in [-0.05, 0) is 25.3 Å². The van der Waals surface area contributed by atoms with Crippen LogP contribution in [0.25, 0.3) is 0 Å². The lowest BCUT2D eigenvalue weighted by Crippen LogP contribution is -2.35. The molecule has 2 atom stereocenters. The van der Waals surface area contributed by atoms with Gasteiger partial charge in [0, 0.05) is 12.0 Å². The van der Waals surface area contributed by atoms with Gasteiger partial charge in [-0.1, -0.05) is 12.8 Å². The predicted octanol–water partition coefficient (Wildman–Crippen LogP) is 1.74. The van der Waals surface area contributed by atoms with Gasteiger partial charge in [0.05, 0.1) is 6.67 Å². The van der Waals surface area contributed by atoms with E-state index in [0.29, 0.717) is 5.92 Å². The van der Waals surface area contributed by atoms with E-state index in [1.54, 1.807) is 0 Å². The molecule has 2 rings (SSSR count). The van der Waals surface area contributed by atoms with Crippen molar-refractivity contribution in [2.75, 3.05) is 19.8 Å². The van der Waals surface area contributed by atoms with Gasteiger partial charge in [-0.2, -0.15) is 0 Å². The molecule has 0 amide bonds. The van der Waals surface area contributed by atoms with Crippen molar-refractivity contribution in [3.8, 4) is 0 Å². The van der Waals surface area contributed by atoms with E-state index in [4.69, 9.17) is 0 Å². The Balaban J connectivity index is 2.12. The molecule has 0 bridgehead atoms. The molecule has 0 radical (unpaired) electrons. The highest BCUT2D eigenvalue weighted by atomic mass is 19.1. The highest BCUT2D eigenvalue weighted by molar-refractivity contribution is 4.96. The topological polar surface area (TPSA) is 12.0 Å². The summed E-state index contributed by atoms with van der Waals surface area (Å²) < 4.78 is 12.8. The lowest BCUT2D eigenvalue weighted by molar-refractivity contribution is 0.109. The van der Waals surface area contributed by atoms with Gasteiger partial charge in [-0.3, -0.25) is 4.39 Å². The third-order valence-electron chi connectivity index (χ3n) is 3.48. The summed E-state index contributed by atoms with van der Waals surface area (Å²) in [4.78, 5) is 0. The normalized spacial score (nSPS) is 43.9. The summed E-state index contributed by atoms with van der Waals surface area (Å²) in [5.74, 6) is 0.640. The molecule has 64 valence electrons. The smallest absolute Gasteiger partial charge is 0.0965 e. The number of alkyl halides is 1. The monoisotopic (exact) mass is 157 g/mol. The molecule has 1 saturated heterocycles. The molecular formula is C9H16FN. The molecule has 0 unspecified atom stereocenters. The lowest BCUT2D eigenvalue weighted by atomic mass is 9.69. The van der Waals surface area contributed by atoms with Crippen molar-refractivity contribution in [3.05, 3.63) is 0 Å². The molecule has 2 fully saturated rings. The van der Waals surface area contributed by atoms with Crippen LogP contribution in [-0.2, 0) is 0 Å². The molecule has 1 nitrogen and oxygen atoms in total. The van der Waals surface area contributed by atoms with Crippen molar-refractivity contribution in [3.63, 3.8) is 0 Å². The SMILES string of the molecule is FC[C@@]12CCCC[C@H]1CNC2. The first-order valence-electron chi connectivity index (χ1n) is 4.64. The van der Waals surface area contributed by atoms with Gasteiger partial charge >= 0.3 is 0 Å². The Morgan fingerprint density at radius 3 is 3.09 bits per heavy atom. The Bertz CT molecular complexity index is 148. The highest BCUT2D eigenvalue weighted by Gasteiger charge is 2.44. The predicted molar refractivity (Wildman–Crippen MR) is 43.2 cm³/mol. The van der Waals surface area contributed by atoms with E-state index in [1.807, 2.05) is 0 Å². The first kappa shape index (κ1) is 7.53. The van der Waals surface area contributed by atoms with E-state index >= 15 is 0 Å². The van der Waals surface area contributed by atoms with Crippen LogP contribution in [0.2, 0.25) is 0 Å².